The lowest BCUT2D eigenvalue weighted by molar-refractivity contribution is -0.127. The number of likely N-dealkylation sites (tertiary alicyclic amines) is 1. The van der Waals surface area contributed by atoms with Gasteiger partial charge in [0.2, 0.25) is 10.0 Å². The Hall–Kier alpha value is -2.58. The van der Waals surface area contributed by atoms with Gasteiger partial charge in [0.15, 0.2) is 6.10 Å². The number of carbonyl (C=O) groups excluding carboxylic acids is 1. The maximum atomic E-state index is 12.8. The number of piperidine rings is 1. The van der Waals surface area contributed by atoms with Gasteiger partial charge < -0.3 is 10.1 Å². The van der Waals surface area contributed by atoms with Crippen molar-refractivity contribution >= 4 is 21.6 Å². The van der Waals surface area contributed by atoms with Crippen LogP contribution in [0.4, 0.5) is 5.69 Å². The molecule has 0 radical (unpaired) electrons. The summed E-state index contributed by atoms with van der Waals surface area (Å²) in [7, 11) is -3.52. The molecule has 0 bridgehead atoms. The first kappa shape index (κ1) is 21.6. The average molecular weight is 444 g/mol. The number of fused-ring (bicyclic) bond motifs is 1. The van der Waals surface area contributed by atoms with Crippen LogP contribution < -0.4 is 14.4 Å². The molecule has 1 amide bonds. The van der Waals surface area contributed by atoms with Crippen molar-refractivity contribution in [3.05, 3.63) is 59.7 Å². The van der Waals surface area contributed by atoms with Crippen LogP contribution in [-0.4, -0.2) is 51.2 Å². The van der Waals surface area contributed by atoms with Crippen LogP contribution in [0, 0.1) is 0 Å². The highest BCUT2D eigenvalue weighted by Crippen LogP contribution is 2.34. The van der Waals surface area contributed by atoms with Gasteiger partial charge in [0, 0.05) is 13.1 Å². The summed E-state index contributed by atoms with van der Waals surface area (Å²) in [6.07, 6.45) is 4.06. The second kappa shape index (κ2) is 9.28. The van der Waals surface area contributed by atoms with Crippen LogP contribution >= 0.6 is 0 Å². The van der Waals surface area contributed by atoms with Gasteiger partial charge in [-0.3, -0.25) is 14.0 Å². The lowest BCUT2D eigenvalue weighted by Crippen LogP contribution is -2.50. The molecule has 1 N–H and O–H groups in total. The molecule has 2 aliphatic heterocycles. The molecule has 0 saturated carbocycles. The van der Waals surface area contributed by atoms with E-state index in [0.717, 1.165) is 31.5 Å². The fraction of sp³-hybridized carbons (Fsp3) is 0.435. The van der Waals surface area contributed by atoms with Crippen molar-refractivity contribution < 1.29 is 17.9 Å². The third kappa shape index (κ3) is 5.37. The third-order valence-corrected chi connectivity index (χ3v) is 6.89. The monoisotopic (exact) mass is 443 g/mol. The van der Waals surface area contributed by atoms with E-state index in [1.165, 1.54) is 29.1 Å². The van der Waals surface area contributed by atoms with Crippen molar-refractivity contribution in [3.8, 4) is 5.75 Å². The normalized spacial score (nSPS) is 19.4. The number of ether oxygens (including phenoxy) is 1. The number of benzene rings is 2. The molecule has 0 aliphatic carbocycles. The Bertz CT molecular complexity index is 1030. The van der Waals surface area contributed by atoms with Gasteiger partial charge in [0.25, 0.3) is 5.91 Å². The summed E-state index contributed by atoms with van der Waals surface area (Å²) in [6, 6.07) is 15.1. The summed E-state index contributed by atoms with van der Waals surface area (Å²) in [5.41, 5.74) is 2.71. The fourth-order valence-electron chi connectivity index (χ4n) is 4.17. The zero-order chi connectivity index (χ0) is 21.8. The molecule has 0 unspecified atom stereocenters. The van der Waals surface area contributed by atoms with Gasteiger partial charge in [-0.1, -0.05) is 42.8 Å². The summed E-state index contributed by atoms with van der Waals surface area (Å²) < 4.78 is 31.5. The Balaban J connectivity index is 1.39. The molecule has 1 fully saturated rings. The minimum atomic E-state index is -3.52. The average Bonchev–Trinajstić information content (AvgIpc) is 2.77. The van der Waals surface area contributed by atoms with Crippen LogP contribution in [0.1, 0.15) is 30.4 Å². The number of anilines is 1. The first-order valence-corrected chi connectivity index (χ1v) is 12.6. The SMILES string of the molecule is CS(=O)(=O)N1C[C@H](C(=O)NCc2cccc(CN3CCCCC3)c2)Oc2ccccc21. The second-order valence-corrected chi connectivity index (χ2v) is 10.1. The Morgan fingerprint density at radius 2 is 1.81 bits per heavy atom. The Morgan fingerprint density at radius 1 is 1.06 bits per heavy atom. The summed E-state index contributed by atoms with van der Waals surface area (Å²) in [5.74, 6) is 0.0624. The predicted octanol–water partition coefficient (Wildman–Crippen LogP) is 2.52. The molecule has 2 aromatic carbocycles. The quantitative estimate of drug-likeness (QED) is 0.742. The molecule has 1 atom stereocenters. The zero-order valence-electron chi connectivity index (χ0n) is 17.8. The lowest BCUT2D eigenvalue weighted by Gasteiger charge is -2.33. The molecule has 0 aromatic heterocycles. The summed E-state index contributed by atoms with van der Waals surface area (Å²) in [6.45, 7) is 3.52. The number of amides is 1. The van der Waals surface area contributed by atoms with Crippen molar-refractivity contribution in [3.63, 3.8) is 0 Å². The Kier molecular flexibility index (Phi) is 6.48. The van der Waals surface area contributed by atoms with Gasteiger partial charge in [0.05, 0.1) is 18.5 Å². The van der Waals surface area contributed by atoms with Crippen molar-refractivity contribution in [2.45, 2.75) is 38.5 Å². The van der Waals surface area contributed by atoms with E-state index in [2.05, 4.69) is 22.3 Å². The highest BCUT2D eigenvalue weighted by molar-refractivity contribution is 7.92. The van der Waals surface area contributed by atoms with E-state index in [1.54, 1.807) is 24.3 Å². The number of para-hydroxylation sites is 2. The minimum absolute atomic E-state index is 0.0450. The Labute approximate surface area is 184 Å². The smallest absolute Gasteiger partial charge is 0.263 e. The standard InChI is InChI=1S/C23H29N3O4S/c1-31(28,29)26-17-22(30-21-11-4-3-10-20(21)26)23(27)24-15-18-8-7-9-19(14-18)16-25-12-5-2-6-13-25/h3-4,7-11,14,22H,2,5-6,12-13,15-17H2,1H3,(H,24,27)/t22-/m1/s1. The molecular weight excluding hydrogens is 414 g/mol. The van der Waals surface area contributed by atoms with Crippen LogP contribution in [0.25, 0.3) is 0 Å². The molecule has 31 heavy (non-hydrogen) atoms. The molecule has 2 heterocycles. The van der Waals surface area contributed by atoms with Crippen LogP contribution in [-0.2, 0) is 27.9 Å². The number of sulfonamides is 1. The molecule has 1 saturated heterocycles. The summed E-state index contributed by atoms with van der Waals surface area (Å²) in [5, 5.41) is 2.90. The number of nitrogens with zero attached hydrogens (tertiary/aromatic N) is 2. The van der Waals surface area contributed by atoms with Gasteiger partial charge >= 0.3 is 0 Å². The molecular formula is C23H29N3O4S. The number of carbonyl (C=O) groups is 1. The number of hydrogen-bond donors (Lipinski definition) is 1. The highest BCUT2D eigenvalue weighted by Gasteiger charge is 2.34. The summed E-state index contributed by atoms with van der Waals surface area (Å²) >= 11 is 0. The van der Waals surface area contributed by atoms with E-state index in [1.807, 2.05) is 12.1 Å². The van der Waals surface area contributed by atoms with Gasteiger partial charge in [-0.25, -0.2) is 8.42 Å². The Morgan fingerprint density at radius 3 is 2.58 bits per heavy atom. The summed E-state index contributed by atoms with van der Waals surface area (Å²) in [4.78, 5) is 15.3. The molecule has 2 aliphatic rings. The van der Waals surface area contributed by atoms with Crippen molar-refractivity contribution in [2.75, 3.05) is 30.2 Å². The minimum Gasteiger partial charge on any atom is -0.476 e. The van der Waals surface area contributed by atoms with E-state index in [9.17, 15) is 13.2 Å². The largest absolute Gasteiger partial charge is 0.476 e. The molecule has 8 heteroatoms. The van der Waals surface area contributed by atoms with Crippen molar-refractivity contribution in [1.29, 1.82) is 0 Å². The van der Waals surface area contributed by atoms with E-state index in [0.29, 0.717) is 18.0 Å². The van der Waals surface area contributed by atoms with Crippen LogP contribution in [0.2, 0.25) is 0 Å². The van der Waals surface area contributed by atoms with Crippen LogP contribution in [0.3, 0.4) is 0 Å². The van der Waals surface area contributed by atoms with E-state index < -0.39 is 16.1 Å². The highest BCUT2D eigenvalue weighted by atomic mass is 32.2. The predicted molar refractivity (Wildman–Crippen MR) is 120 cm³/mol. The zero-order valence-corrected chi connectivity index (χ0v) is 18.6. The third-order valence-electron chi connectivity index (χ3n) is 5.74. The van der Waals surface area contributed by atoms with Gasteiger partial charge in [-0.15, -0.1) is 0 Å². The second-order valence-electron chi connectivity index (χ2n) is 8.24. The maximum Gasteiger partial charge on any atom is 0.263 e. The topological polar surface area (TPSA) is 79.0 Å². The van der Waals surface area contributed by atoms with Crippen molar-refractivity contribution in [2.24, 2.45) is 0 Å². The van der Waals surface area contributed by atoms with Crippen LogP contribution in [0.15, 0.2) is 48.5 Å². The van der Waals surface area contributed by atoms with E-state index >= 15 is 0 Å². The first-order valence-electron chi connectivity index (χ1n) is 10.7. The van der Waals surface area contributed by atoms with Gasteiger partial charge in [-0.2, -0.15) is 0 Å². The van der Waals surface area contributed by atoms with Gasteiger partial charge in [-0.05, 0) is 49.2 Å². The molecule has 7 nitrogen and oxygen atoms in total. The number of nitrogens with one attached hydrogen (secondary N) is 1. The van der Waals surface area contributed by atoms with Crippen molar-refractivity contribution in [1.82, 2.24) is 10.2 Å². The molecule has 0 spiro atoms. The molecule has 4 rings (SSSR count). The maximum absolute atomic E-state index is 12.8. The number of rotatable bonds is 6. The van der Waals surface area contributed by atoms with E-state index in [4.69, 9.17) is 4.74 Å². The molecule has 166 valence electrons. The lowest BCUT2D eigenvalue weighted by atomic mass is 10.1. The van der Waals surface area contributed by atoms with Gasteiger partial charge in [0.1, 0.15) is 5.75 Å². The molecule has 2 aromatic rings. The van der Waals surface area contributed by atoms with E-state index in [-0.39, 0.29) is 12.5 Å². The number of hydrogen-bond acceptors (Lipinski definition) is 5. The first-order chi connectivity index (χ1) is 14.9. The fourth-order valence-corrected chi connectivity index (χ4v) is 5.08. The van der Waals surface area contributed by atoms with Crippen LogP contribution in [0.5, 0.6) is 5.75 Å².